The van der Waals surface area contributed by atoms with Gasteiger partial charge in [0, 0.05) is 19.3 Å². The average molecular weight is 320 g/mol. The third kappa shape index (κ3) is 3.82. The van der Waals surface area contributed by atoms with E-state index in [0.717, 1.165) is 38.2 Å². The van der Waals surface area contributed by atoms with Gasteiger partial charge in [0.05, 0.1) is 4.90 Å². The van der Waals surface area contributed by atoms with E-state index in [1.54, 1.807) is 0 Å². The van der Waals surface area contributed by atoms with Gasteiger partial charge in [-0.05, 0) is 38.4 Å². The van der Waals surface area contributed by atoms with Crippen LogP contribution in [0.25, 0.3) is 0 Å². The minimum Gasteiger partial charge on any atom is -0.326 e. The van der Waals surface area contributed by atoms with Crippen LogP contribution in [0, 0.1) is 5.92 Å². The van der Waals surface area contributed by atoms with Crippen LogP contribution in [0.1, 0.15) is 12.8 Å². The van der Waals surface area contributed by atoms with Crippen molar-refractivity contribution in [1.82, 2.24) is 14.6 Å². The summed E-state index contributed by atoms with van der Waals surface area (Å²) in [6, 6.07) is 1.16. The van der Waals surface area contributed by atoms with Gasteiger partial charge in [0.25, 0.3) is 5.56 Å². The van der Waals surface area contributed by atoms with Crippen LogP contribution >= 0.6 is 11.6 Å². The van der Waals surface area contributed by atoms with Gasteiger partial charge in [0.1, 0.15) is 5.02 Å². The third-order valence-corrected chi connectivity index (χ3v) is 5.11. The Morgan fingerprint density at radius 2 is 2.30 bits per heavy atom. The van der Waals surface area contributed by atoms with Crippen LogP contribution in [-0.4, -0.2) is 45.0 Å². The van der Waals surface area contributed by atoms with Gasteiger partial charge in [-0.2, -0.15) is 0 Å². The molecule has 0 aliphatic carbocycles. The maximum atomic E-state index is 12.1. The van der Waals surface area contributed by atoms with Crippen LogP contribution in [0.4, 0.5) is 0 Å². The maximum Gasteiger partial charge on any atom is 0.266 e. The topological polar surface area (TPSA) is 82.3 Å². The summed E-state index contributed by atoms with van der Waals surface area (Å²) in [6.07, 6.45) is 3.25. The number of hydrogen-bond donors (Lipinski definition) is 2. The molecule has 1 aromatic heterocycles. The summed E-state index contributed by atoms with van der Waals surface area (Å²) in [5, 5.41) is -0.134. The maximum absolute atomic E-state index is 12.1. The Kier molecular flexibility index (Phi) is 4.85. The van der Waals surface area contributed by atoms with Crippen LogP contribution in [0.15, 0.2) is 22.0 Å². The van der Waals surface area contributed by atoms with Crippen LogP contribution in [0.2, 0.25) is 5.02 Å². The van der Waals surface area contributed by atoms with E-state index in [0.29, 0.717) is 12.5 Å². The van der Waals surface area contributed by atoms with Crippen molar-refractivity contribution in [1.29, 1.82) is 0 Å². The molecule has 2 N–H and O–H groups in total. The highest BCUT2D eigenvalue weighted by Crippen LogP contribution is 2.16. The predicted octanol–water partition coefficient (Wildman–Crippen LogP) is 0.648. The van der Waals surface area contributed by atoms with E-state index in [1.165, 1.54) is 0 Å². The number of nitrogens with one attached hydrogen (secondary N) is 2. The standard InChI is InChI=1S/C12H18ClN3O3S/c1-16-4-2-3-9(8-16)6-15-20(18,19)10-5-11(13)12(17)14-7-10/h5,7,9,15H,2-4,6,8H2,1H3,(H,14,17). The summed E-state index contributed by atoms with van der Waals surface area (Å²) in [7, 11) is -1.61. The second-order valence-electron chi connectivity index (χ2n) is 5.13. The van der Waals surface area contributed by atoms with Crippen molar-refractivity contribution in [2.75, 3.05) is 26.7 Å². The highest BCUT2D eigenvalue weighted by atomic mass is 35.5. The van der Waals surface area contributed by atoms with Crippen molar-refractivity contribution in [3.8, 4) is 0 Å². The number of aromatic amines is 1. The third-order valence-electron chi connectivity index (χ3n) is 3.43. The number of hydrogen-bond acceptors (Lipinski definition) is 4. The first-order valence-corrected chi connectivity index (χ1v) is 8.31. The van der Waals surface area contributed by atoms with Crippen molar-refractivity contribution >= 4 is 21.6 Å². The molecule has 2 rings (SSSR count). The molecule has 8 heteroatoms. The monoisotopic (exact) mass is 319 g/mol. The lowest BCUT2D eigenvalue weighted by molar-refractivity contribution is 0.211. The van der Waals surface area contributed by atoms with Crippen molar-refractivity contribution in [2.24, 2.45) is 5.92 Å². The van der Waals surface area contributed by atoms with Gasteiger partial charge in [-0.25, -0.2) is 13.1 Å². The lowest BCUT2D eigenvalue weighted by Gasteiger charge is -2.29. The van der Waals surface area contributed by atoms with Crippen molar-refractivity contribution < 1.29 is 8.42 Å². The molecule has 6 nitrogen and oxygen atoms in total. The zero-order valence-corrected chi connectivity index (χ0v) is 12.8. The molecule has 1 fully saturated rings. The highest BCUT2D eigenvalue weighted by Gasteiger charge is 2.21. The number of pyridine rings is 1. The van der Waals surface area contributed by atoms with E-state index in [-0.39, 0.29) is 9.92 Å². The first kappa shape index (κ1) is 15.5. The molecule has 0 amide bonds. The quantitative estimate of drug-likeness (QED) is 0.853. The van der Waals surface area contributed by atoms with Gasteiger partial charge in [-0.15, -0.1) is 0 Å². The minimum atomic E-state index is -3.64. The van der Waals surface area contributed by atoms with Crippen LogP contribution in [-0.2, 0) is 10.0 Å². The smallest absolute Gasteiger partial charge is 0.266 e. The molecule has 20 heavy (non-hydrogen) atoms. The first-order chi connectivity index (χ1) is 9.38. The van der Waals surface area contributed by atoms with Gasteiger partial charge in [0.2, 0.25) is 10.0 Å². The van der Waals surface area contributed by atoms with E-state index in [4.69, 9.17) is 11.6 Å². The van der Waals surface area contributed by atoms with Crippen molar-refractivity contribution in [3.63, 3.8) is 0 Å². The molecule has 1 aliphatic heterocycles. The summed E-state index contributed by atoms with van der Waals surface area (Å²) >= 11 is 5.65. The SMILES string of the molecule is CN1CCCC(CNS(=O)(=O)c2c[nH]c(=O)c(Cl)c2)C1. The van der Waals surface area contributed by atoms with Crippen LogP contribution in [0.5, 0.6) is 0 Å². The lowest BCUT2D eigenvalue weighted by atomic mass is 9.99. The number of H-pyrrole nitrogens is 1. The second-order valence-corrected chi connectivity index (χ2v) is 7.31. The van der Waals surface area contributed by atoms with Gasteiger partial charge < -0.3 is 9.88 Å². The Balaban J connectivity index is 2.03. The molecular weight excluding hydrogens is 302 g/mol. The molecule has 1 aliphatic rings. The largest absolute Gasteiger partial charge is 0.326 e. The Hall–Kier alpha value is -0.890. The molecule has 2 heterocycles. The summed E-state index contributed by atoms with van der Waals surface area (Å²) in [4.78, 5) is 15.6. The molecule has 1 aromatic rings. The number of likely N-dealkylation sites (tertiary alicyclic amines) is 1. The lowest BCUT2D eigenvalue weighted by Crippen LogP contribution is -2.39. The predicted molar refractivity (Wildman–Crippen MR) is 77.5 cm³/mol. The molecule has 0 spiro atoms. The second kappa shape index (κ2) is 6.26. The molecule has 1 saturated heterocycles. The summed E-state index contributed by atoms with van der Waals surface area (Å²) in [6.45, 7) is 2.33. The zero-order valence-electron chi connectivity index (χ0n) is 11.2. The number of rotatable bonds is 4. The van der Waals surface area contributed by atoms with E-state index >= 15 is 0 Å². The first-order valence-electron chi connectivity index (χ1n) is 6.45. The molecule has 0 radical (unpaired) electrons. The Bertz CT molecular complexity index is 629. The minimum absolute atomic E-state index is 0.0220. The molecule has 112 valence electrons. The molecule has 0 saturated carbocycles. The van der Waals surface area contributed by atoms with E-state index < -0.39 is 15.6 Å². The van der Waals surface area contributed by atoms with Crippen LogP contribution < -0.4 is 10.3 Å². The molecule has 0 aromatic carbocycles. The fourth-order valence-corrected chi connectivity index (χ4v) is 3.69. The summed E-state index contributed by atoms with van der Waals surface area (Å²) < 4.78 is 26.8. The number of halogens is 1. The molecule has 1 unspecified atom stereocenters. The van der Waals surface area contributed by atoms with E-state index in [1.807, 2.05) is 7.05 Å². The van der Waals surface area contributed by atoms with E-state index in [9.17, 15) is 13.2 Å². The van der Waals surface area contributed by atoms with Gasteiger partial charge in [-0.3, -0.25) is 4.79 Å². The normalized spacial score (nSPS) is 21.0. The van der Waals surface area contributed by atoms with Crippen molar-refractivity contribution in [2.45, 2.75) is 17.7 Å². The van der Waals surface area contributed by atoms with E-state index in [2.05, 4.69) is 14.6 Å². The average Bonchev–Trinajstić information content (AvgIpc) is 2.40. The van der Waals surface area contributed by atoms with Gasteiger partial charge in [0.15, 0.2) is 0 Å². The number of aromatic nitrogens is 1. The van der Waals surface area contributed by atoms with Crippen LogP contribution in [0.3, 0.4) is 0 Å². The number of sulfonamides is 1. The molecule has 1 atom stereocenters. The number of nitrogens with zero attached hydrogens (tertiary/aromatic N) is 1. The Morgan fingerprint density at radius 3 is 2.95 bits per heavy atom. The Morgan fingerprint density at radius 1 is 1.55 bits per heavy atom. The zero-order chi connectivity index (χ0) is 14.8. The molecule has 0 bridgehead atoms. The summed E-state index contributed by atoms with van der Waals surface area (Å²) in [5.74, 6) is 0.307. The Labute approximate surface area is 123 Å². The number of piperidine rings is 1. The fourth-order valence-electron chi connectivity index (χ4n) is 2.34. The van der Waals surface area contributed by atoms with Crippen molar-refractivity contribution in [3.05, 3.63) is 27.6 Å². The molecular formula is C12H18ClN3O3S. The fraction of sp³-hybridized carbons (Fsp3) is 0.583. The van der Waals surface area contributed by atoms with Gasteiger partial charge >= 0.3 is 0 Å². The highest BCUT2D eigenvalue weighted by molar-refractivity contribution is 7.89. The van der Waals surface area contributed by atoms with Gasteiger partial charge in [-0.1, -0.05) is 11.6 Å². The summed E-state index contributed by atoms with van der Waals surface area (Å²) in [5.41, 5.74) is -0.500.